The van der Waals surface area contributed by atoms with Crippen LogP contribution in [0.2, 0.25) is 0 Å². The molecular weight excluding hydrogens is 326 g/mol. The average Bonchev–Trinajstić information content (AvgIpc) is 3.11. The first-order valence-electron chi connectivity index (χ1n) is 9.25. The quantitative estimate of drug-likeness (QED) is 0.786. The van der Waals surface area contributed by atoms with Crippen molar-refractivity contribution in [2.45, 2.75) is 24.8 Å². The summed E-state index contributed by atoms with van der Waals surface area (Å²) >= 11 is 0. The molecule has 0 aromatic carbocycles. The molecule has 0 radical (unpaired) electrons. The van der Waals surface area contributed by atoms with Crippen molar-refractivity contribution in [2.24, 2.45) is 17.8 Å². The zero-order valence-corrected chi connectivity index (χ0v) is 14.3. The van der Waals surface area contributed by atoms with Gasteiger partial charge in [-0.15, -0.1) is 0 Å². The molecule has 6 heteroatoms. The number of nitrogens with one attached hydrogen (secondary N) is 1. The fourth-order valence-corrected chi connectivity index (χ4v) is 5.52. The van der Waals surface area contributed by atoms with E-state index in [1.807, 2.05) is 24.4 Å². The zero-order valence-electron chi connectivity index (χ0n) is 14.3. The minimum absolute atomic E-state index is 0.174. The smallest absolute Gasteiger partial charge is 0.142 e. The van der Waals surface area contributed by atoms with Gasteiger partial charge in [-0.05, 0) is 36.5 Å². The first kappa shape index (κ1) is 14.4. The molecule has 2 saturated carbocycles. The van der Waals surface area contributed by atoms with Crippen LogP contribution in [0.4, 0.5) is 5.82 Å². The van der Waals surface area contributed by atoms with Gasteiger partial charge in [0.1, 0.15) is 23.6 Å². The van der Waals surface area contributed by atoms with Crippen LogP contribution in [0.3, 0.4) is 0 Å². The molecule has 3 aromatic rings. The summed E-state index contributed by atoms with van der Waals surface area (Å²) in [7, 11) is 0. The van der Waals surface area contributed by atoms with Gasteiger partial charge < -0.3 is 9.88 Å². The highest BCUT2D eigenvalue weighted by Gasteiger charge is 2.76. The van der Waals surface area contributed by atoms with Crippen LogP contribution < -0.4 is 4.90 Å². The molecule has 6 nitrogen and oxygen atoms in total. The summed E-state index contributed by atoms with van der Waals surface area (Å²) in [5.74, 6) is 2.70. The van der Waals surface area contributed by atoms with Crippen LogP contribution in [0.15, 0.2) is 43.1 Å². The van der Waals surface area contributed by atoms with Gasteiger partial charge in [0, 0.05) is 43.4 Å². The summed E-state index contributed by atoms with van der Waals surface area (Å²) in [6.07, 6.45) is 9.84. The van der Waals surface area contributed by atoms with Gasteiger partial charge in [-0.3, -0.25) is 9.78 Å². The highest BCUT2D eigenvalue weighted by atomic mass is 16.1. The second-order valence-electron chi connectivity index (χ2n) is 7.89. The number of fused-ring (bicyclic) bond motifs is 1. The molecule has 4 atom stereocenters. The van der Waals surface area contributed by atoms with Crippen LogP contribution in [0.25, 0.3) is 11.0 Å². The Bertz CT molecular complexity index is 1020. The van der Waals surface area contributed by atoms with Crippen molar-refractivity contribution in [3.8, 4) is 0 Å². The second-order valence-corrected chi connectivity index (χ2v) is 7.89. The van der Waals surface area contributed by atoms with Gasteiger partial charge in [-0.25, -0.2) is 9.97 Å². The third kappa shape index (κ3) is 1.76. The van der Waals surface area contributed by atoms with Gasteiger partial charge in [0.25, 0.3) is 0 Å². The zero-order chi connectivity index (χ0) is 17.3. The molecule has 3 aromatic heterocycles. The fourth-order valence-electron chi connectivity index (χ4n) is 5.52. The lowest BCUT2D eigenvalue weighted by molar-refractivity contribution is -0.124. The molecule has 3 aliphatic rings. The molecule has 2 aliphatic carbocycles. The molecule has 26 heavy (non-hydrogen) atoms. The summed E-state index contributed by atoms with van der Waals surface area (Å²) in [6.45, 7) is 0.928. The third-order valence-electron chi connectivity index (χ3n) is 6.77. The van der Waals surface area contributed by atoms with Crippen LogP contribution >= 0.6 is 0 Å². The molecule has 4 heterocycles. The van der Waals surface area contributed by atoms with E-state index in [9.17, 15) is 4.79 Å². The van der Waals surface area contributed by atoms with E-state index >= 15 is 0 Å². The summed E-state index contributed by atoms with van der Waals surface area (Å²) in [6, 6.07) is 5.94. The SMILES string of the molecule is O=C(Cc1cccnc1)C1CC2CC23C1CN3c1ncnc2[nH]ccc12. The van der Waals surface area contributed by atoms with Gasteiger partial charge >= 0.3 is 0 Å². The van der Waals surface area contributed by atoms with Crippen LogP contribution in [-0.4, -0.2) is 37.8 Å². The number of Topliss-reactive ketones (excluding diaryl/α,β-unsaturated/α-hetero) is 1. The Balaban J connectivity index is 1.26. The Morgan fingerprint density at radius 2 is 2.31 bits per heavy atom. The van der Waals surface area contributed by atoms with Crippen LogP contribution in [0, 0.1) is 17.8 Å². The summed E-state index contributed by atoms with van der Waals surface area (Å²) in [4.78, 5) is 31.5. The van der Waals surface area contributed by atoms with Gasteiger partial charge in [-0.1, -0.05) is 6.07 Å². The van der Waals surface area contributed by atoms with Gasteiger partial charge in [-0.2, -0.15) is 0 Å². The number of anilines is 1. The second kappa shape index (κ2) is 4.90. The minimum Gasteiger partial charge on any atom is -0.349 e. The maximum Gasteiger partial charge on any atom is 0.142 e. The molecular formula is C20H19N5O. The molecule has 1 saturated heterocycles. The van der Waals surface area contributed by atoms with Crippen molar-refractivity contribution >= 4 is 22.6 Å². The van der Waals surface area contributed by atoms with Gasteiger partial charge in [0.05, 0.1) is 10.9 Å². The number of aromatic amines is 1. The molecule has 1 N–H and O–H groups in total. The summed E-state index contributed by atoms with van der Waals surface area (Å²) in [5.41, 5.74) is 2.08. The minimum atomic E-state index is 0.174. The Labute approximate surface area is 150 Å². The van der Waals surface area contributed by atoms with Gasteiger partial charge in [0.2, 0.25) is 0 Å². The van der Waals surface area contributed by atoms with E-state index in [2.05, 4.69) is 24.8 Å². The topological polar surface area (TPSA) is 74.8 Å². The lowest BCUT2D eigenvalue weighted by Crippen LogP contribution is -2.61. The van der Waals surface area contributed by atoms with Crippen molar-refractivity contribution in [3.63, 3.8) is 0 Å². The maximum atomic E-state index is 12.9. The van der Waals surface area contributed by atoms with E-state index in [-0.39, 0.29) is 11.5 Å². The fraction of sp³-hybridized carbons (Fsp3) is 0.400. The van der Waals surface area contributed by atoms with Gasteiger partial charge in [0.15, 0.2) is 0 Å². The Morgan fingerprint density at radius 1 is 1.35 bits per heavy atom. The lowest BCUT2D eigenvalue weighted by Gasteiger charge is -2.50. The molecule has 0 amide bonds. The van der Waals surface area contributed by atoms with Crippen LogP contribution in [0.5, 0.6) is 0 Å². The predicted octanol–water partition coefficient (Wildman–Crippen LogP) is 2.38. The van der Waals surface area contributed by atoms with Crippen molar-refractivity contribution in [1.82, 2.24) is 19.9 Å². The van der Waals surface area contributed by atoms with E-state index < -0.39 is 0 Å². The van der Waals surface area contributed by atoms with Crippen molar-refractivity contribution in [1.29, 1.82) is 0 Å². The van der Waals surface area contributed by atoms with E-state index in [4.69, 9.17) is 0 Å². The maximum absolute atomic E-state index is 12.9. The van der Waals surface area contributed by atoms with E-state index in [1.165, 1.54) is 6.42 Å². The first-order valence-corrected chi connectivity index (χ1v) is 9.25. The number of nitrogens with zero attached hydrogens (tertiary/aromatic N) is 4. The van der Waals surface area contributed by atoms with Crippen LogP contribution in [0.1, 0.15) is 18.4 Å². The van der Waals surface area contributed by atoms with Crippen molar-refractivity contribution in [3.05, 3.63) is 48.7 Å². The third-order valence-corrected chi connectivity index (χ3v) is 6.77. The number of carbonyl (C=O) groups is 1. The number of carbonyl (C=O) groups excluding carboxylic acids is 1. The number of H-pyrrole nitrogens is 1. The Hall–Kier alpha value is -2.76. The number of aromatic nitrogens is 4. The van der Waals surface area contributed by atoms with E-state index in [0.29, 0.717) is 24.0 Å². The number of rotatable bonds is 4. The molecule has 6 rings (SSSR count). The van der Waals surface area contributed by atoms with E-state index in [1.54, 1.807) is 18.7 Å². The number of pyridine rings is 1. The normalized spacial score (nSPS) is 31.4. The first-order chi connectivity index (χ1) is 12.8. The van der Waals surface area contributed by atoms with Crippen LogP contribution in [-0.2, 0) is 11.2 Å². The monoisotopic (exact) mass is 345 g/mol. The number of hydrogen-bond acceptors (Lipinski definition) is 5. The summed E-state index contributed by atoms with van der Waals surface area (Å²) < 4.78 is 0. The standard InChI is InChI=1S/C20H19N5O/c26-17(6-12-2-1-4-21-9-12)15-7-13-8-20(13)16(15)10-25(20)19-14-3-5-22-18(14)23-11-24-19/h1-5,9,11,13,15-16H,6-8,10H2,(H,22,23,24). The molecule has 130 valence electrons. The molecule has 3 fully saturated rings. The van der Waals surface area contributed by atoms with Crippen molar-refractivity contribution in [2.75, 3.05) is 11.4 Å². The average molecular weight is 345 g/mol. The molecule has 0 bridgehead atoms. The molecule has 1 aliphatic heterocycles. The summed E-state index contributed by atoms with van der Waals surface area (Å²) in [5, 5.41) is 1.08. The number of hydrogen-bond donors (Lipinski definition) is 1. The highest BCUT2D eigenvalue weighted by Crippen LogP contribution is 2.71. The largest absolute Gasteiger partial charge is 0.349 e. The molecule has 4 unspecified atom stereocenters. The van der Waals surface area contributed by atoms with E-state index in [0.717, 1.165) is 35.4 Å². The number of ketones is 1. The molecule has 1 spiro atoms. The predicted molar refractivity (Wildman–Crippen MR) is 96.6 cm³/mol. The highest BCUT2D eigenvalue weighted by molar-refractivity contribution is 5.90. The van der Waals surface area contributed by atoms with Crippen molar-refractivity contribution < 1.29 is 4.79 Å². The lowest BCUT2D eigenvalue weighted by atomic mass is 9.77. The Morgan fingerprint density at radius 3 is 3.19 bits per heavy atom. The Kier molecular flexibility index (Phi) is 2.72.